The lowest BCUT2D eigenvalue weighted by molar-refractivity contribution is 0.103. The molecule has 0 amide bonds. The number of benzene rings is 1. The van der Waals surface area contributed by atoms with Crippen LogP contribution in [0, 0.1) is 6.92 Å². The predicted octanol–water partition coefficient (Wildman–Crippen LogP) is 4.60. The Bertz CT molecular complexity index is 1450. The zero-order valence-electron chi connectivity index (χ0n) is 16.4. The van der Waals surface area contributed by atoms with Crippen molar-refractivity contribution >= 4 is 55.7 Å². The van der Waals surface area contributed by atoms with E-state index < -0.39 is 15.8 Å². The topological polar surface area (TPSA) is 105 Å². The van der Waals surface area contributed by atoms with Crippen LogP contribution in [0.15, 0.2) is 59.9 Å². The number of aryl methyl sites for hydroxylation is 1. The Kier molecular flexibility index (Phi) is 4.90. The van der Waals surface area contributed by atoms with Crippen molar-refractivity contribution in [2.75, 3.05) is 4.72 Å². The highest BCUT2D eigenvalue weighted by Gasteiger charge is 2.23. The number of carbonyl (C=O) groups excluding carboxylic acids is 1. The molecule has 2 N–H and O–H groups in total. The minimum absolute atomic E-state index is 0.0245. The van der Waals surface area contributed by atoms with E-state index in [4.69, 9.17) is 24.6 Å². The molecule has 4 rings (SSSR count). The molecule has 0 saturated carbocycles. The predicted molar refractivity (Wildman–Crippen MR) is 116 cm³/mol. The fraction of sp³-hybridized carbons (Fsp3) is 0.0500. The number of halogens is 2. The zero-order chi connectivity index (χ0) is 22.3. The number of rotatable bonds is 5. The minimum atomic E-state index is -4.05. The Balaban J connectivity index is 1.79. The first-order valence-corrected chi connectivity index (χ1v) is 10.8. The molecule has 30 heavy (non-hydrogen) atoms. The Morgan fingerprint density at radius 3 is 2.73 bits per heavy atom. The van der Waals surface area contributed by atoms with E-state index >= 15 is 0 Å². The normalized spacial score (nSPS) is 12.0. The summed E-state index contributed by atoms with van der Waals surface area (Å²) in [5.74, 6) is -0.548. The molecule has 4 aromatic rings. The van der Waals surface area contributed by atoms with Crippen molar-refractivity contribution in [1.82, 2.24) is 15.0 Å². The van der Waals surface area contributed by atoms with Crippen LogP contribution in [-0.4, -0.2) is 29.2 Å². The maximum Gasteiger partial charge on any atom is 0.261 e. The van der Waals surface area contributed by atoms with Gasteiger partial charge in [-0.15, -0.1) is 0 Å². The molecule has 0 unspecified atom stereocenters. The third-order valence-electron chi connectivity index (χ3n) is 4.40. The van der Waals surface area contributed by atoms with Crippen LogP contribution in [0.5, 0.6) is 0 Å². The Labute approximate surface area is 183 Å². The third kappa shape index (κ3) is 3.77. The quantitative estimate of drug-likeness (QED) is 0.422. The molecule has 0 aliphatic carbocycles. The summed E-state index contributed by atoms with van der Waals surface area (Å²) in [6.45, 7) is 1.68. The van der Waals surface area contributed by atoms with Gasteiger partial charge in [-0.1, -0.05) is 23.2 Å². The third-order valence-corrected chi connectivity index (χ3v) is 6.39. The van der Waals surface area contributed by atoms with Crippen LogP contribution in [0.4, 0.5) is 5.69 Å². The summed E-state index contributed by atoms with van der Waals surface area (Å²) in [5.41, 5.74) is 0.958. The van der Waals surface area contributed by atoms with Gasteiger partial charge in [0.05, 0.1) is 17.0 Å². The lowest BCUT2D eigenvalue weighted by Gasteiger charge is -2.13. The van der Waals surface area contributed by atoms with Crippen LogP contribution in [0.1, 0.15) is 23.0 Å². The average Bonchev–Trinajstić information content (AvgIpc) is 3.09. The molecule has 0 radical (unpaired) electrons. The molecule has 0 aliphatic heterocycles. The van der Waals surface area contributed by atoms with Gasteiger partial charge in [-0.05, 0) is 48.9 Å². The van der Waals surface area contributed by atoms with Crippen molar-refractivity contribution in [1.29, 1.82) is 0 Å². The number of anilines is 1. The van der Waals surface area contributed by atoms with E-state index in [1.54, 1.807) is 6.92 Å². The number of nitrogens with one attached hydrogen (secondary N) is 2. The van der Waals surface area contributed by atoms with Crippen LogP contribution in [-0.2, 0) is 10.0 Å². The van der Waals surface area contributed by atoms with Crippen LogP contribution < -0.4 is 4.72 Å². The number of aromatic nitrogens is 3. The molecular formula is C20H14Cl2N4O3S. The van der Waals surface area contributed by atoms with E-state index in [2.05, 4.69) is 19.7 Å². The van der Waals surface area contributed by atoms with E-state index in [9.17, 15) is 13.2 Å². The molecule has 0 aliphatic rings. The molecule has 10 heteroatoms. The van der Waals surface area contributed by atoms with Crippen LogP contribution >= 0.6 is 23.2 Å². The maximum absolute atomic E-state index is 13.3. The number of hydrogen-bond acceptors (Lipinski definition) is 5. The SMILES string of the molecule is [2H]c1cc2c(C(=O)c3ncc(Cl)cc3NS(=O)(=O)c3ccc(Cl)c(C)c3)ccnc2[nH]1. The number of hydrogen-bond donors (Lipinski definition) is 2. The molecule has 0 fully saturated rings. The zero-order valence-corrected chi connectivity index (χ0v) is 17.7. The lowest BCUT2D eigenvalue weighted by Crippen LogP contribution is -2.17. The molecular weight excluding hydrogens is 447 g/mol. The summed E-state index contributed by atoms with van der Waals surface area (Å²) >= 11 is 12.0. The first-order valence-electron chi connectivity index (χ1n) is 9.09. The van der Waals surface area contributed by atoms with Crippen molar-refractivity contribution in [3.05, 3.63) is 81.8 Å². The molecule has 0 spiro atoms. The molecule has 0 bridgehead atoms. The van der Waals surface area contributed by atoms with E-state index in [1.807, 2.05) is 0 Å². The summed E-state index contributed by atoms with van der Waals surface area (Å²) in [6, 6.07) is 8.52. The van der Waals surface area contributed by atoms with Gasteiger partial charge in [0.2, 0.25) is 5.78 Å². The van der Waals surface area contributed by atoms with E-state index in [1.165, 1.54) is 48.8 Å². The summed E-state index contributed by atoms with van der Waals surface area (Å²) in [6.07, 6.45) is 2.76. The van der Waals surface area contributed by atoms with Crippen LogP contribution in [0.25, 0.3) is 11.0 Å². The number of sulfonamides is 1. The van der Waals surface area contributed by atoms with Crippen molar-refractivity contribution in [3.63, 3.8) is 0 Å². The second-order valence-corrected chi connectivity index (χ2v) is 8.96. The van der Waals surface area contributed by atoms with Gasteiger partial charge in [0.15, 0.2) is 0 Å². The largest absolute Gasteiger partial charge is 0.346 e. The van der Waals surface area contributed by atoms with Crippen molar-refractivity contribution in [3.8, 4) is 0 Å². The van der Waals surface area contributed by atoms with Crippen LogP contribution in [0.3, 0.4) is 0 Å². The summed E-state index contributed by atoms with van der Waals surface area (Å²) < 4.78 is 36.0. The number of H-pyrrole nitrogens is 1. The summed E-state index contributed by atoms with van der Waals surface area (Å²) in [4.78, 5) is 24.1. The van der Waals surface area contributed by atoms with E-state index in [0.29, 0.717) is 21.6 Å². The molecule has 7 nitrogen and oxygen atoms in total. The second-order valence-electron chi connectivity index (χ2n) is 6.43. The van der Waals surface area contributed by atoms with Crippen molar-refractivity contribution < 1.29 is 14.6 Å². The fourth-order valence-corrected chi connectivity index (χ4v) is 4.32. The fourth-order valence-electron chi connectivity index (χ4n) is 2.91. The van der Waals surface area contributed by atoms with Gasteiger partial charge in [0.25, 0.3) is 10.0 Å². The summed E-state index contributed by atoms with van der Waals surface area (Å²) in [5, 5.41) is 1.01. The van der Waals surface area contributed by atoms with Crippen molar-refractivity contribution in [2.45, 2.75) is 11.8 Å². The van der Waals surface area contributed by atoms with E-state index in [0.717, 1.165) is 0 Å². The number of carbonyl (C=O) groups is 1. The molecule has 0 atom stereocenters. The van der Waals surface area contributed by atoms with Gasteiger partial charge in [-0.2, -0.15) is 0 Å². The van der Waals surface area contributed by atoms with Crippen molar-refractivity contribution in [2.24, 2.45) is 0 Å². The highest BCUT2D eigenvalue weighted by atomic mass is 35.5. The highest BCUT2D eigenvalue weighted by molar-refractivity contribution is 7.92. The average molecular weight is 462 g/mol. The van der Waals surface area contributed by atoms with Gasteiger partial charge in [0, 0.05) is 34.5 Å². The highest BCUT2D eigenvalue weighted by Crippen LogP contribution is 2.27. The van der Waals surface area contributed by atoms with Gasteiger partial charge >= 0.3 is 0 Å². The minimum Gasteiger partial charge on any atom is -0.346 e. The van der Waals surface area contributed by atoms with Gasteiger partial charge in [0.1, 0.15) is 11.3 Å². The Hall–Kier alpha value is -2.94. The molecule has 0 saturated heterocycles. The lowest BCUT2D eigenvalue weighted by atomic mass is 10.0. The molecule has 152 valence electrons. The number of aromatic amines is 1. The second kappa shape index (κ2) is 7.71. The summed E-state index contributed by atoms with van der Waals surface area (Å²) in [7, 11) is -4.05. The molecule has 3 heterocycles. The number of fused-ring (bicyclic) bond motifs is 1. The van der Waals surface area contributed by atoms with Gasteiger partial charge in [-0.25, -0.2) is 18.4 Å². The van der Waals surface area contributed by atoms with Gasteiger partial charge < -0.3 is 4.98 Å². The molecule has 3 aromatic heterocycles. The van der Waals surface area contributed by atoms with Crippen LogP contribution in [0.2, 0.25) is 10.0 Å². The standard InChI is InChI=1S/C20H14Cl2N4O3S/c1-11-8-13(2-3-16(11)22)30(28,29)26-17-9-12(21)10-25-18(17)19(27)14-4-6-23-20-15(14)5-7-24-20/h2-10,26H,1H3,(H,23,24)/i7D. The smallest absolute Gasteiger partial charge is 0.261 e. The number of ketones is 1. The number of pyridine rings is 2. The monoisotopic (exact) mass is 461 g/mol. The number of nitrogens with zero attached hydrogens (tertiary/aromatic N) is 2. The van der Waals surface area contributed by atoms with Gasteiger partial charge in [-0.3, -0.25) is 9.52 Å². The Morgan fingerprint density at radius 1 is 1.17 bits per heavy atom. The maximum atomic E-state index is 13.3. The van der Waals surface area contributed by atoms with E-state index in [-0.39, 0.29) is 33.0 Å². The Morgan fingerprint density at radius 2 is 1.97 bits per heavy atom. The molecule has 1 aromatic carbocycles. The first kappa shape index (κ1) is 19.0. The first-order chi connectivity index (χ1) is 14.7.